The molecule has 4 heteroatoms. The Bertz CT molecular complexity index is 642. The SMILES string of the molecule is C[C@H]1Cc2ccccc2N1C(=O)c1cncc(Br)c1. The highest BCUT2D eigenvalue weighted by Gasteiger charge is 2.31. The number of nitrogens with zero attached hydrogens (tertiary/aromatic N) is 2. The van der Waals surface area contributed by atoms with Gasteiger partial charge in [0.2, 0.25) is 0 Å². The molecule has 1 aromatic carbocycles. The van der Waals surface area contributed by atoms with Crippen LogP contribution in [0.1, 0.15) is 22.8 Å². The Kier molecular flexibility index (Phi) is 3.11. The fourth-order valence-corrected chi connectivity index (χ4v) is 2.91. The molecule has 0 saturated heterocycles. The van der Waals surface area contributed by atoms with Crippen molar-refractivity contribution in [2.45, 2.75) is 19.4 Å². The Morgan fingerprint density at radius 3 is 2.95 bits per heavy atom. The van der Waals surface area contributed by atoms with Crippen LogP contribution in [0.3, 0.4) is 0 Å². The average Bonchev–Trinajstić information content (AvgIpc) is 2.74. The first-order chi connectivity index (χ1) is 9.16. The van der Waals surface area contributed by atoms with E-state index in [2.05, 4.69) is 33.9 Å². The highest BCUT2D eigenvalue weighted by Crippen LogP contribution is 2.33. The summed E-state index contributed by atoms with van der Waals surface area (Å²) in [5, 5.41) is 0. The molecule has 2 aromatic rings. The topological polar surface area (TPSA) is 33.2 Å². The molecule has 3 nitrogen and oxygen atoms in total. The maximum atomic E-state index is 12.6. The van der Waals surface area contributed by atoms with Crippen molar-refractivity contribution in [1.29, 1.82) is 0 Å². The third kappa shape index (κ3) is 2.16. The maximum absolute atomic E-state index is 12.6. The zero-order chi connectivity index (χ0) is 13.4. The largest absolute Gasteiger partial charge is 0.305 e. The molecule has 0 aliphatic carbocycles. The van der Waals surface area contributed by atoms with Crippen LogP contribution in [0, 0.1) is 0 Å². The van der Waals surface area contributed by atoms with Crippen molar-refractivity contribution in [1.82, 2.24) is 4.98 Å². The Balaban J connectivity index is 2.01. The minimum atomic E-state index is 0.00579. The second kappa shape index (κ2) is 4.78. The van der Waals surface area contributed by atoms with Crippen LogP contribution in [-0.2, 0) is 6.42 Å². The molecule has 0 spiro atoms. The zero-order valence-electron chi connectivity index (χ0n) is 10.5. The molecule has 0 unspecified atom stereocenters. The third-order valence-corrected chi connectivity index (χ3v) is 3.81. The van der Waals surface area contributed by atoms with Crippen molar-refractivity contribution in [3.05, 3.63) is 58.3 Å². The lowest BCUT2D eigenvalue weighted by molar-refractivity contribution is 0.0981. The highest BCUT2D eigenvalue weighted by molar-refractivity contribution is 9.10. The molecule has 1 amide bonds. The number of pyridine rings is 1. The van der Waals surface area contributed by atoms with E-state index in [0.717, 1.165) is 16.6 Å². The first kappa shape index (κ1) is 12.4. The first-order valence-electron chi connectivity index (χ1n) is 6.19. The molecule has 0 fully saturated rings. The van der Waals surface area contributed by atoms with Gasteiger partial charge in [-0.15, -0.1) is 0 Å². The number of carbonyl (C=O) groups is 1. The van der Waals surface area contributed by atoms with Crippen molar-refractivity contribution in [3.8, 4) is 0 Å². The number of halogens is 1. The summed E-state index contributed by atoms with van der Waals surface area (Å²) in [6.07, 6.45) is 4.20. The summed E-state index contributed by atoms with van der Waals surface area (Å²) >= 11 is 3.35. The van der Waals surface area contributed by atoms with E-state index >= 15 is 0 Å². The lowest BCUT2D eigenvalue weighted by atomic mass is 10.1. The van der Waals surface area contributed by atoms with Gasteiger partial charge in [-0.1, -0.05) is 18.2 Å². The molecule has 0 saturated carbocycles. The number of hydrogen-bond acceptors (Lipinski definition) is 2. The Morgan fingerprint density at radius 2 is 2.16 bits per heavy atom. The molecule has 1 aliphatic heterocycles. The first-order valence-corrected chi connectivity index (χ1v) is 6.98. The number of fused-ring (bicyclic) bond motifs is 1. The molecule has 0 radical (unpaired) electrons. The molecule has 96 valence electrons. The van der Waals surface area contributed by atoms with E-state index in [9.17, 15) is 4.79 Å². The molecule has 0 N–H and O–H groups in total. The van der Waals surface area contributed by atoms with Crippen LogP contribution in [0.4, 0.5) is 5.69 Å². The summed E-state index contributed by atoms with van der Waals surface area (Å²) in [6, 6.07) is 10.1. The number of rotatable bonds is 1. The number of amides is 1. The van der Waals surface area contributed by atoms with Gasteiger partial charge in [-0.05, 0) is 47.0 Å². The molecule has 1 aliphatic rings. The lowest BCUT2D eigenvalue weighted by Crippen LogP contribution is -2.35. The fourth-order valence-electron chi connectivity index (χ4n) is 2.54. The van der Waals surface area contributed by atoms with Crippen LogP contribution in [0.2, 0.25) is 0 Å². The minimum Gasteiger partial charge on any atom is -0.305 e. The van der Waals surface area contributed by atoms with E-state index in [0.29, 0.717) is 5.56 Å². The van der Waals surface area contributed by atoms with Crippen molar-refractivity contribution in [2.75, 3.05) is 4.90 Å². The van der Waals surface area contributed by atoms with Crippen LogP contribution >= 0.6 is 15.9 Å². The summed E-state index contributed by atoms with van der Waals surface area (Å²) in [4.78, 5) is 18.6. The van der Waals surface area contributed by atoms with Crippen molar-refractivity contribution < 1.29 is 4.79 Å². The van der Waals surface area contributed by atoms with Gasteiger partial charge in [-0.25, -0.2) is 0 Å². The monoisotopic (exact) mass is 316 g/mol. The minimum absolute atomic E-state index is 0.00579. The third-order valence-electron chi connectivity index (χ3n) is 3.38. The predicted molar refractivity (Wildman–Crippen MR) is 78.4 cm³/mol. The molecular formula is C15H13BrN2O. The van der Waals surface area contributed by atoms with E-state index in [1.807, 2.05) is 29.2 Å². The fraction of sp³-hybridized carbons (Fsp3) is 0.200. The van der Waals surface area contributed by atoms with Gasteiger partial charge in [0.05, 0.1) is 5.56 Å². The van der Waals surface area contributed by atoms with Crippen LogP contribution in [0.25, 0.3) is 0 Å². The Labute approximate surface area is 120 Å². The van der Waals surface area contributed by atoms with Gasteiger partial charge >= 0.3 is 0 Å². The van der Waals surface area contributed by atoms with Gasteiger partial charge in [0.15, 0.2) is 0 Å². The van der Waals surface area contributed by atoms with Gasteiger partial charge in [0.25, 0.3) is 5.91 Å². The van der Waals surface area contributed by atoms with Gasteiger partial charge in [0, 0.05) is 28.6 Å². The van der Waals surface area contributed by atoms with E-state index < -0.39 is 0 Å². The maximum Gasteiger partial charge on any atom is 0.260 e. The molecule has 3 rings (SSSR count). The summed E-state index contributed by atoms with van der Waals surface area (Å²) in [6.45, 7) is 2.07. The molecule has 1 aromatic heterocycles. The molecule has 2 heterocycles. The number of anilines is 1. The van der Waals surface area contributed by atoms with Crippen LogP contribution < -0.4 is 4.90 Å². The van der Waals surface area contributed by atoms with Gasteiger partial charge in [-0.2, -0.15) is 0 Å². The summed E-state index contributed by atoms with van der Waals surface area (Å²) in [7, 11) is 0. The molecule has 0 bridgehead atoms. The van der Waals surface area contributed by atoms with Gasteiger partial charge in [0.1, 0.15) is 0 Å². The number of aromatic nitrogens is 1. The Morgan fingerprint density at radius 1 is 1.37 bits per heavy atom. The number of para-hydroxylation sites is 1. The van der Waals surface area contributed by atoms with Crippen LogP contribution in [0.15, 0.2) is 47.2 Å². The smallest absolute Gasteiger partial charge is 0.260 e. The second-order valence-electron chi connectivity index (χ2n) is 4.75. The zero-order valence-corrected chi connectivity index (χ0v) is 12.1. The number of benzene rings is 1. The summed E-state index contributed by atoms with van der Waals surface area (Å²) in [5.74, 6) is 0.00579. The predicted octanol–water partition coefficient (Wildman–Crippen LogP) is 3.44. The highest BCUT2D eigenvalue weighted by atomic mass is 79.9. The standard InChI is InChI=1S/C15H13BrN2O/c1-10-6-11-4-2-3-5-14(11)18(10)15(19)12-7-13(16)9-17-8-12/h2-5,7-10H,6H2,1H3/t10-/m0/s1. The van der Waals surface area contributed by atoms with E-state index in [1.165, 1.54) is 5.56 Å². The van der Waals surface area contributed by atoms with Gasteiger partial charge < -0.3 is 4.90 Å². The second-order valence-corrected chi connectivity index (χ2v) is 5.66. The molecule has 1 atom stereocenters. The van der Waals surface area contributed by atoms with Crippen molar-refractivity contribution in [3.63, 3.8) is 0 Å². The summed E-state index contributed by atoms with van der Waals surface area (Å²) in [5.41, 5.74) is 2.85. The van der Waals surface area contributed by atoms with E-state index in [-0.39, 0.29) is 11.9 Å². The Hall–Kier alpha value is -1.68. The number of hydrogen-bond donors (Lipinski definition) is 0. The number of carbonyl (C=O) groups excluding carboxylic acids is 1. The summed E-state index contributed by atoms with van der Waals surface area (Å²) < 4.78 is 0.818. The lowest BCUT2D eigenvalue weighted by Gasteiger charge is -2.22. The average molecular weight is 317 g/mol. The van der Waals surface area contributed by atoms with Crippen molar-refractivity contribution >= 4 is 27.5 Å². The van der Waals surface area contributed by atoms with Crippen LogP contribution in [0.5, 0.6) is 0 Å². The normalized spacial score (nSPS) is 17.4. The molecular weight excluding hydrogens is 304 g/mol. The van der Waals surface area contributed by atoms with Crippen molar-refractivity contribution in [2.24, 2.45) is 0 Å². The van der Waals surface area contributed by atoms with Gasteiger partial charge in [-0.3, -0.25) is 9.78 Å². The quantitative estimate of drug-likeness (QED) is 0.807. The molecule has 19 heavy (non-hydrogen) atoms. The van der Waals surface area contributed by atoms with Crippen LogP contribution in [-0.4, -0.2) is 16.9 Å². The van der Waals surface area contributed by atoms with E-state index in [1.54, 1.807) is 12.4 Å². The van der Waals surface area contributed by atoms with E-state index in [4.69, 9.17) is 0 Å².